The molecule has 2 aliphatic heterocycles. The Balaban J connectivity index is 1.45. The molecule has 2 fully saturated rings. The van der Waals surface area contributed by atoms with Gasteiger partial charge >= 0.3 is 0 Å². The van der Waals surface area contributed by atoms with Crippen LogP contribution in [0.5, 0.6) is 0 Å². The van der Waals surface area contributed by atoms with Crippen molar-refractivity contribution in [3.63, 3.8) is 0 Å². The zero-order chi connectivity index (χ0) is 14.5. The topological polar surface area (TPSA) is 61.5 Å². The number of morpholine rings is 1. The Hall–Kier alpha value is -1.40. The molecule has 3 rings (SSSR count). The molecule has 0 spiro atoms. The Morgan fingerprint density at radius 3 is 3.00 bits per heavy atom. The van der Waals surface area contributed by atoms with Gasteiger partial charge in [-0.1, -0.05) is 0 Å². The van der Waals surface area contributed by atoms with Crippen molar-refractivity contribution in [1.82, 2.24) is 20.0 Å². The average molecular weight is 292 g/mol. The maximum atomic E-state index is 12.2. The van der Waals surface area contributed by atoms with Crippen LogP contribution in [0.4, 0.5) is 0 Å². The van der Waals surface area contributed by atoms with Gasteiger partial charge in [0.15, 0.2) is 0 Å². The maximum absolute atomic E-state index is 12.2. The first kappa shape index (κ1) is 14.5. The number of H-pyrrole nitrogens is 1. The van der Waals surface area contributed by atoms with E-state index < -0.39 is 0 Å². The van der Waals surface area contributed by atoms with Crippen LogP contribution in [0.3, 0.4) is 0 Å². The molecular weight excluding hydrogens is 268 g/mol. The lowest BCUT2D eigenvalue weighted by atomic mass is 9.95. The molecule has 116 valence electrons. The minimum Gasteiger partial charge on any atom is -0.378 e. The quantitative estimate of drug-likeness (QED) is 0.893. The second-order valence-electron chi connectivity index (χ2n) is 5.89. The molecule has 21 heavy (non-hydrogen) atoms. The molecule has 1 atom stereocenters. The molecule has 2 saturated heterocycles. The Morgan fingerprint density at radius 1 is 1.38 bits per heavy atom. The Labute approximate surface area is 125 Å². The average Bonchev–Trinajstić information content (AvgIpc) is 3.08. The van der Waals surface area contributed by atoms with Gasteiger partial charge in [-0.15, -0.1) is 0 Å². The number of hydrogen-bond donors (Lipinski definition) is 1. The van der Waals surface area contributed by atoms with E-state index in [1.165, 1.54) is 18.5 Å². The van der Waals surface area contributed by atoms with E-state index in [1.807, 2.05) is 11.1 Å². The number of nitrogens with one attached hydrogen (secondary N) is 1. The Morgan fingerprint density at radius 2 is 2.24 bits per heavy atom. The highest BCUT2D eigenvalue weighted by atomic mass is 16.5. The lowest BCUT2D eigenvalue weighted by Crippen LogP contribution is -2.43. The number of aromatic nitrogens is 2. The summed E-state index contributed by atoms with van der Waals surface area (Å²) in [6, 6.07) is 2.06. The number of ether oxygens (including phenoxy) is 1. The van der Waals surface area contributed by atoms with Crippen molar-refractivity contribution in [3.8, 4) is 0 Å². The van der Waals surface area contributed by atoms with E-state index in [2.05, 4.69) is 21.2 Å². The zero-order valence-electron chi connectivity index (χ0n) is 12.5. The third-order valence-electron chi connectivity index (χ3n) is 4.47. The first-order valence-corrected chi connectivity index (χ1v) is 7.90. The standard InChI is InChI=1S/C15H24N4O2/c20-15(19-8-10-21-11-9-19)4-7-18-6-1-2-13(12-18)14-3-5-16-17-14/h3,5,13H,1-2,4,6-12H2,(H,16,17)/t13-/m1/s1. The fourth-order valence-corrected chi connectivity index (χ4v) is 3.23. The second-order valence-corrected chi connectivity index (χ2v) is 5.89. The van der Waals surface area contributed by atoms with E-state index in [-0.39, 0.29) is 5.91 Å². The van der Waals surface area contributed by atoms with Crippen molar-refractivity contribution in [3.05, 3.63) is 18.0 Å². The van der Waals surface area contributed by atoms with E-state index in [0.717, 1.165) is 32.7 Å². The van der Waals surface area contributed by atoms with E-state index in [9.17, 15) is 4.79 Å². The third-order valence-corrected chi connectivity index (χ3v) is 4.47. The molecule has 1 N–H and O–H groups in total. The molecule has 0 bridgehead atoms. The van der Waals surface area contributed by atoms with Crippen molar-refractivity contribution in [1.29, 1.82) is 0 Å². The molecule has 0 unspecified atom stereocenters. The van der Waals surface area contributed by atoms with Crippen LogP contribution in [0.1, 0.15) is 30.9 Å². The third kappa shape index (κ3) is 3.83. The molecule has 2 aliphatic rings. The van der Waals surface area contributed by atoms with Gasteiger partial charge in [0, 0.05) is 50.4 Å². The summed E-state index contributed by atoms with van der Waals surface area (Å²) in [5.74, 6) is 0.793. The van der Waals surface area contributed by atoms with Crippen molar-refractivity contribution in [2.24, 2.45) is 0 Å². The van der Waals surface area contributed by atoms with E-state index >= 15 is 0 Å². The molecule has 6 heteroatoms. The normalized spacial score (nSPS) is 24.2. The highest BCUT2D eigenvalue weighted by molar-refractivity contribution is 5.76. The van der Waals surface area contributed by atoms with Crippen LogP contribution >= 0.6 is 0 Å². The van der Waals surface area contributed by atoms with Gasteiger partial charge in [0.2, 0.25) is 5.91 Å². The van der Waals surface area contributed by atoms with Gasteiger partial charge in [-0.2, -0.15) is 5.10 Å². The molecule has 1 aromatic rings. The van der Waals surface area contributed by atoms with E-state index in [1.54, 1.807) is 0 Å². The van der Waals surface area contributed by atoms with Gasteiger partial charge in [0.05, 0.1) is 13.2 Å². The predicted octanol–water partition coefficient (Wildman–Crippen LogP) is 0.838. The molecule has 0 aliphatic carbocycles. The number of amides is 1. The number of hydrogen-bond acceptors (Lipinski definition) is 4. The number of aromatic amines is 1. The van der Waals surface area contributed by atoms with Gasteiger partial charge in [0.25, 0.3) is 0 Å². The summed E-state index contributed by atoms with van der Waals surface area (Å²) in [7, 11) is 0. The van der Waals surface area contributed by atoms with Gasteiger partial charge in [-0.3, -0.25) is 9.89 Å². The summed E-state index contributed by atoms with van der Waals surface area (Å²) in [6.07, 6.45) is 4.83. The van der Waals surface area contributed by atoms with Crippen LogP contribution in [0, 0.1) is 0 Å². The lowest BCUT2D eigenvalue weighted by Gasteiger charge is -2.33. The minimum atomic E-state index is 0.266. The van der Waals surface area contributed by atoms with Crippen molar-refractivity contribution >= 4 is 5.91 Å². The molecule has 6 nitrogen and oxygen atoms in total. The first-order chi connectivity index (χ1) is 10.3. The lowest BCUT2D eigenvalue weighted by molar-refractivity contribution is -0.135. The van der Waals surface area contributed by atoms with Gasteiger partial charge in [-0.05, 0) is 25.5 Å². The molecule has 0 saturated carbocycles. The van der Waals surface area contributed by atoms with Crippen LogP contribution in [0.25, 0.3) is 0 Å². The van der Waals surface area contributed by atoms with Crippen LogP contribution in [0.15, 0.2) is 12.3 Å². The monoisotopic (exact) mass is 292 g/mol. The van der Waals surface area contributed by atoms with Crippen molar-refractivity contribution < 1.29 is 9.53 Å². The number of piperidine rings is 1. The summed E-state index contributed by atoms with van der Waals surface area (Å²) in [5, 5.41) is 7.12. The molecule has 0 radical (unpaired) electrons. The maximum Gasteiger partial charge on any atom is 0.224 e. The molecule has 1 amide bonds. The molecular formula is C15H24N4O2. The number of carbonyl (C=O) groups excluding carboxylic acids is 1. The van der Waals surface area contributed by atoms with Gasteiger partial charge in [0.1, 0.15) is 0 Å². The molecule has 3 heterocycles. The predicted molar refractivity (Wildman–Crippen MR) is 79.0 cm³/mol. The smallest absolute Gasteiger partial charge is 0.224 e. The largest absolute Gasteiger partial charge is 0.378 e. The molecule has 1 aromatic heterocycles. The summed E-state index contributed by atoms with van der Waals surface area (Å²) < 4.78 is 5.29. The fourth-order valence-electron chi connectivity index (χ4n) is 3.23. The van der Waals surface area contributed by atoms with Crippen molar-refractivity contribution in [2.45, 2.75) is 25.2 Å². The minimum absolute atomic E-state index is 0.266. The summed E-state index contributed by atoms with van der Waals surface area (Å²) in [4.78, 5) is 16.5. The van der Waals surface area contributed by atoms with Gasteiger partial charge < -0.3 is 14.5 Å². The summed E-state index contributed by atoms with van der Waals surface area (Å²) in [6.45, 7) is 5.83. The fraction of sp³-hybridized carbons (Fsp3) is 0.733. The second kappa shape index (κ2) is 7.04. The van der Waals surface area contributed by atoms with Crippen molar-refractivity contribution in [2.75, 3.05) is 45.9 Å². The zero-order valence-corrected chi connectivity index (χ0v) is 12.5. The SMILES string of the molecule is O=C(CCN1CCC[C@@H](c2ccn[nH]2)C1)N1CCOCC1. The summed E-state index contributed by atoms with van der Waals surface area (Å²) >= 11 is 0. The number of carbonyl (C=O) groups is 1. The van der Waals surface area contributed by atoms with Crippen LogP contribution in [-0.2, 0) is 9.53 Å². The van der Waals surface area contributed by atoms with Crippen LogP contribution < -0.4 is 0 Å². The highest BCUT2D eigenvalue weighted by Gasteiger charge is 2.23. The number of likely N-dealkylation sites (tertiary alicyclic amines) is 1. The number of nitrogens with zero attached hydrogens (tertiary/aromatic N) is 3. The van der Waals surface area contributed by atoms with Gasteiger partial charge in [-0.25, -0.2) is 0 Å². The van der Waals surface area contributed by atoms with Crippen LogP contribution in [0.2, 0.25) is 0 Å². The highest BCUT2D eigenvalue weighted by Crippen LogP contribution is 2.25. The van der Waals surface area contributed by atoms with Crippen LogP contribution in [-0.4, -0.2) is 71.8 Å². The molecule has 0 aromatic carbocycles. The van der Waals surface area contributed by atoms with E-state index in [4.69, 9.17) is 4.74 Å². The Bertz CT molecular complexity index is 443. The Kier molecular flexibility index (Phi) is 4.87. The first-order valence-electron chi connectivity index (χ1n) is 7.90. The summed E-state index contributed by atoms with van der Waals surface area (Å²) in [5.41, 5.74) is 1.22. The number of rotatable bonds is 4. The van der Waals surface area contributed by atoms with E-state index in [0.29, 0.717) is 25.6 Å².